The number of ether oxygens (including phenoxy) is 1. The molecule has 21 heavy (non-hydrogen) atoms. The van der Waals surface area contributed by atoms with Gasteiger partial charge in [-0.25, -0.2) is 0 Å². The largest absolute Gasteiger partial charge is 0.381 e. The van der Waals surface area contributed by atoms with Gasteiger partial charge in [0.1, 0.15) is 0 Å². The summed E-state index contributed by atoms with van der Waals surface area (Å²) in [6.07, 6.45) is 9.02. The molecule has 0 aromatic heterocycles. The number of nitrogens with zero attached hydrogens (tertiary/aromatic N) is 1. The van der Waals surface area contributed by atoms with Crippen LogP contribution in [-0.2, 0) is 9.53 Å². The van der Waals surface area contributed by atoms with Crippen molar-refractivity contribution in [1.82, 2.24) is 10.2 Å². The molecular formula is C16H31N3O2. The van der Waals surface area contributed by atoms with Gasteiger partial charge in [-0.3, -0.25) is 4.79 Å². The second-order valence-corrected chi connectivity index (χ2v) is 6.65. The van der Waals surface area contributed by atoms with E-state index in [1.54, 1.807) is 0 Å². The molecule has 1 saturated heterocycles. The Kier molecular flexibility index (Phi) is 6.45. The Labute approximate surface area is 128 Å². The topological polar surface area (TPSA) is 67.6 Å². The fourth-order valence-electron chi connectivity index (χ4n) is 3.37. The minimum Gasteiger partial charge on any atom is -0.381 e. The number of nitrogens with one attached hydrogen (secondary N) is 1. The first kappa shape index (κ1) is 16.7. The van der Waals surface area contributed by atoms with Crippen LogP contribution in [0.3, 0.4) is 0 Å². The molecule has 2 fully saturated rings. The highest BCUT2D eigenvalue weighted by molar-refractivity contribution is 5.86. The minimum absolute atomic E-state index is 0.00822. The molecule has 1 heterocycles. The Morgan fingerprint density at radius 3 is 2.62 bits per heavy atom. The number of hydrogen-bond donors (Lipinski definition) is 2. The first-order valence-corrected chi connectivity index (χ1v) is 8.47. The maximum Gasteiger partial charge on any atom is 0.240 e. The smallest absolute Gasteiger partial charge is 0.240 e. The van der Waals surface area contributed by atoms with Gasteiger partial charge in [-0.05, 0) is 45.7 Å². The monoisotopic (exact) mass is 297 g/mol. The fourth-order valence-corrected chi connectivity index (χ4v) is 3.37. The first-order chi connectivity index (χ1) is 10.1. The summed E-state index contributed by atoms with van der Waals surface area (Å²) in [4.78, 5) is 14.6. The van der Waals surface area contributed by atoms with Crippen molar-refractivity contribution in [3.05, 3.63) is 0 Å². The van der Waals surface area contributed by atoms with Crippen molar-refractivity contribution < 1.29 is 9.53 Å². The van der Waals surface area contributed by atoms with Crippen molar-refractivity contribution in [3.63, 3.8) is 0 Å². The predicted octanol–water partition coefficient (Wildman–Crippen LogP) is 1.27. The highest BCUT2D eigenvalue weighted by atomic mass is 16.5. The van der Waals surface area contributed by atoms with Crippen molar-refractivity contribution in [1.29, 1.82) is 0 Å². The third-order valence-electron chi connectivity index (χ3n) is 5.01. The normalized spacial score (nSPS) is 23.2. The average Bonchev–Trinajstić information content (AvgIpc) is 2.52. The number of carbonyl (C=O) groups is 1. The number of amides is 1. The maximum atomic E-state index is 12.2. The van der Waals surface area contributed by atoms with Gasteiger partial charge in [0.15, 0.2) is 0 Å². The van der Waals surface area contributed by atoms with E-state index < -0.39 is 5.54 Å². The molecule has 5 heteroatoms. The van der Waals surface area contributed by atoms with Gasteiger partial charge in [0.05, 0.1) is 5.54 Å². The second-order valence-electron chi connectivity index (χ2n) is 6.65. The molecule has 1 saturated carbocycles. The lowest BCUT2D eigenvalue weighted by Gasteiger charge is -2.32. The van der Waals surface area contributed by atoms with E-state index in [2.05, 4.69) is 17.3 Å². The molecule has 0 aromatic rings. The van der Waals surface area contributed by atoms with Crippen molar-refractivity contribution in [3.8, 4) is 0 Å². The molecule has 0 unspecified atom stereocenters. The summed E-state index contributed by atoms with van der Waals surface area (Å²) in [6, 6.07) is 0.741. The van der Waals surface area contributed by atoms with Gasteiger partial charge in [0.25, 0.3) is 0 Å². The number of carbonyl (C=O) groups excluding carboxylic acids is 1. The Bertz CT molecular complexity index is 323. The van der Waals surface area contributed by atoms with Gasteiger partial charge in [-0.15, -0.1) is 0 Å². The standard InChI is InChI=1S/C16H31N3O2/c1-19(14-6-3-2-4-7-14)11-5-10-18-15(20)16(17)8-12-21-13-9-16/h14H,2-13,17H2,1H3,(H,18,20). The number of hydrogen-bond acceptors (Lipinski definition) is 4. The van der Waals surface area contributed by atoms with Crippen LogP contribution in [0.15, 0.2) is 0 Å². The molecule has 0 atom stereocenters. The van der Waals surface area contributed by atoms with E-state index in [1.807, 2.05) is 0 Å². The van der Waals surface area contributed by atoms with E-state index in [9.17, 15) is 4.79 Å². The van der Waals surface area contributed by atoms with Crippen LogP contribution in [-0.4, -0.2) is 55.7 Å². The van der Waals surface area contributed by atoms with Gasteiger partial charge in [0.2, 0.25) is 5.91 Å². The van der Waals surface area contributed by atoms with E-state index in [0.29, 0.717) is 26.1 Å². The molecule has 0 bridgehead atoms. The Balaban J connectivity index is 1.61. The average molecular weight is 297 g/mol. The lowest BCUT2D eigenvalue weighted by molar-refractivity contribution is -0.129. The fraction of sp³-hybridized carbons (Fsp3) is 0.938. The van der Waals surface area contributed by atoms with Gasteiger partial charge in [-0.1, -0.05) is 19.3 Å². The highest BCUT2D eigenvalue weighted by Gasteiger charge is 2.35. The molecule has 5 nitrogen and oxygen atoms in total. The lowest BCUT2D eigenvalue weighted by Crippen LogP contribution is -2.57. The Morgan fingerprint density at radius 1 is 1.29 bits per heavy atom. The third-order valence-corrected chi connectivity index (χ3v) is 5.01. The zero-order chi connectivity index (χ0) is 15.1. The van der Waals surface area contributed by atoms with Crippen molar-refractivity contribution in [2.45, 2.75) is 62.9 Å². The van der Waals surface area contributed by atoms with Gasteiger partial charge in [-0.2, -0.15) is 0 Å². The minimum atomic E-state index is -0.715. The molecule has 1 aliphatic carbocycles. The van der Waals surface area contributed by atoms with Crippen molar-refractivity contribution in [2.75, 3.05) is 33.4 Å². The molecule has 1 aliphatic heterocycles. The number of rotatable bonds is 6. The van der Waals surface area contributed by atoms with Gasteiger partial charge >= 0.3 is 0 Å². The van der Waals surface area contributed by atoms with E-state index in [0.717, 1.165) is 25.6 Å². The van der Waals surface area contributed by atoms with E-state index in [1.165, 1.54) is 32.1 Å². The molecule has 0 spiro atoms. The quantitative estimate of drug-likeness (QED) is 0.724. The lowest BCUT2D eigenvalue weighted by atomic mass is 9.90. The molecule has 0 radical (unpaired) electrons. The molecule has 3 N–H and O–H groups in total. The van der Waals surface area contributed by atoms with Crippen LogP contribution in [0.5, 0.6) is 0 Å². The Hall–Kier alpha value is -0.650. The summed E-state index contributed by atoms with van der Waals surface area (Å²) in [7, 11) is 2.21. The molecule has 1 amide bonds. The summed E-state index contributed by atoms with van der Waals surface area (Å²) >= 11 is 0. The molecular weight excluding hydrogens is 266 g/mol. The van der Waals surface area contributed by atoms with Crippen LogP contribution in [0.25, 0.3) is 0 Å². The maximum absolute atomic E-state index is 12.2. The van der Waals surface area contributed by atoms with Crippen molar-refractivity contribution in [2.24, 2.45) is 5.73 Å². The van der Waals surface area contributed by atoms with Crippen LogP contribution in [0.4, 0.5) is 0 Å². The van der Waals surface area contributed by atoms with E-state index >= 15 is 0 Å². The summed E-state index contributed by atoms with van der Waals surface area (Å²) in [5.74, 6) is -0.00822. The number of nitrogens with two attached hydrogens (primary N) is 1. The van der Waals surface area contributed by atoms with Crippen LogP contribution in [0, 0.1) is 0 Å². The van der Waals surface area contributed by atoms with Gasteiger partial charge < -0.3 is 20.7 Å². The highest BCUT2D eigenvalue weighted by Crippen LogP contribution is 2.21. The van der Waals surface area contributed by atoms with Crippen LogP contribution in [0.1, 0.15) is 51.4 Å². The summed E-state index contributed by atoms with van der Waals surface area (Å²) in [6.45, 7) is 2.95. The summed E-state index contributed by atoms with van der Waals surface area (Å²) < 4.78 is 5.27. The molecule has 122 valence electrons. The Morgan fingerprint density at radius 2 is 1.95 bits per heavy atom. The molecule has 2 rings (SSSR count). The van der Waals surface area contributed by atoms with Crippen LogP contribution >= 0.6 is 0 Å². The van der Waals surface area contributed by atoms with Crippen LogP contribution < -0.4 is 11.1 Å². The predicted molar refractivity (Wildman–Crippen MR) is 84.1 cm³/mol. The first-order valence-electron chi connectivity index (χ1n) is 8.47. The van der Waals surface area contributed by atoms with E-state index in [-0.39, 0.29) is 5.91 Å². The van der Waals surface area contributed by atoms with Crippen molar-refractivity contribution >= 4 is 5.91 Å². The zero-order valence-electron chi connectivity index (χ0n) is 13.4. The van der Waals surface area contributed by atoms with E-state index in [4.69, 9.17) is 10.5 Å². The zero-order valence-corrected chi connectivity index (χ0v) is 13.4. The summed E-state index contributed by atoms with van der Waals surface area (Å²) in [5.41, 5.74) is 5.44. The van der Waals surface area contributed by atoms with Gasteiger partial charge in [0, 0.05) is 25.8 Å². The summed E-state index contributed by atoms with van der Waals surface area (Å²) in [5, 5.41) is 3.01. The second kappa shape index (κ2) is 8.11. The molecule has 2 aliphatic rings. The molecule has 0 aromatic carbocycles. The van der Waals surface area contributed by atoms with Crippen LogP contribution in [0.2, 0.25) is 0 Å². The SMILES string of the molecule is CN(CCCNC(=O)C1(N)CCOCC1)C1CCCCC1. The third kappa shape index (κ3) is 4.94.